The van der Waals surface area contributed by atoms with E-state index in [4.69, 9.17) is 9.47 Å². The van der Waals surface area contributed by atoms with Crippen LogP contribution in [-0.4, -0.2) is 20.8 Å². The quantitative estimate of drug-likeness (QED) is 0.850. The van der Waals surface area contributed by atoms with E-state index in [1.54, 1.807) is 14.2 Å². The van der Waals surface area contributed by atoms with Crippen LogP contribution < -0.4 is 14.8 Å². The molecule has 1 aromatic carbocycles. The lowest BCUT2D eigenvalue weighted by Gasteiger charge is -2.21. The molecule has 1 N–H and O–H groups in total. The van der Waals surface area contributed by atoms with Crippen LogP contribution >= 0.6 is 0 Å². The lowest BCUT2D eigenvalue weighted by Crippen LogP contribution is -2.19. The molecule has 3 nitrogen and oxygen atoms in total. The Morgan fingerprint density at radius 1 is 1.12 bits per heavy atom. The first-order valence-electron chi connectivity index (χ1n) is 5.42. The maximum absolute atomic E-state index is 5.31. The highest BCUT2D eigenvalue weighted by atomic mass is 16.5. The molecule has 0 heterocycles. The summed E-state index contributed by atoms with van der Waals surface area (Å²) in [6, 6.07) is 5.78. The first-order chi connectivity index (χ1) is 7.46. The Bertz CT molecular complexity index is 342. The fraction of sp³-hybridized carbons (Fsp3) is 0.538. The average molecular weight is 223 g/mol. The summed E-state index contributed by atoms with van der Waals surface area (Å²) >= 11 is 0. The number of methoxy groups -OCH3 is 2. The number of ether oxygens (including phenoxy) is 2. The number of anilines is 1. The van der Waals surface area contributed by atoms with Crippen molar-refractivity contribution in [1.82, 2.24) is 0 Å². The maximum Gasteiger partial charge on any atom is 0.145 e. The Kier molecular flexibility index (Phi) is 4.05. The fourth-order valence-electron chi connectivity index (χ4n) is 1.30. The van der Waals surface area contributed by atoms with Crippen molar-refractivity contribution in [2.75, 3.05) is 26.1 Å². The van der Waals surface area contributed by atoms with E-state index >= 15 is 0 Å². The van der Waals surface area contributed by atoms with Crippen molar-refractivity contribution in [1.29, 1.82) is 0 Å². The number of hydrogen-bond acceptors (Lipinski definition) is 3. The monoisotopic (exact) mass is 223 g/mol. The largest absolute Gasteiger partial charge is 0.497 e. The van der Waals surface area contributed by atoms with E-state index in [2.05, 4.69) is 26.1 Å². The van der Waals surface area contributed by atoms with Gasteiger partial charge in [0.1, 0.15) is 11.5 Å². The van der Waals surface area contributed by atoms with Gasteiger partial charge in [-0.15, -0.1) is 0 Å². The highest BCUT2D eigenvalue weighted by molar-refractivity contribution is 5.59. The van der Waals surface area contributed by atoms with Crippen LogP contribution in [0, 0.1) is 5.41 Å². The molecular weight excluding hydrogens is 202 g/mol. The van der Waals surface area contributed by atoms with Crippen molar-refractivity contribution in [3.05, 3.63) is 18.2 Å². The van der Waals surface area contributed by atoms with E-state index in [0.717, 1.165) is 23.7 Å². The molecule has 0 saturated carbocycles. The average Bonchev–Trinajstić information content (AvgIpc) is 2.25. The first-order valence-corrected chi connectivity index (χ1v) is 5.42. The molecule has 0 atom stereocenters. The van der Waals surface area contributed by atoms with Crippen LogP contribution in [0.25, 0.3) is 0 Å². The minimum Gasteiger partial charge on any atom is -0.497 e. The van der Waals surface area contributed by atoms with Crippen molar-refractivity contribution < 1.29 is 9.47 Å². The van der Waals surface area contributed by atoms with Crippen molar-refractivity contribution in [3.8, 4) is 11.5 Å². The number of hydrogen-bond donors (Lipinski definition) is 1. The van der Waals surface area contributed by atoms with Crippen LogP contribution in [0.15, 0.2) is 18.2 Å². The lowest BCUT2D eigenvalue weighted by molar-refractivity contribution is 0.394. The topological polar surface area (TPSA) is 30.5 Å². The zero-order valence-corrected chi connectivity index (χ0v) is 10.8. The molecule has 0 spiro atoms. The minimum atomic E-state index is 0.241. The Morgan fingerprint density at radius 3 is 2.31 bits per heavy atom. The SMILES string of the molecule is COc1ccc(NCC(C)(C)C)c(OC)c1. The maximum atomic E-state index is 5.31. The van der Waals surface area contributed by atoms with Gasteiger partial charge in [0.2, 0.25) is 0 Å². The number of rotatable bonds is 4. The highest BCUT2D eigenvalue weighted by Gasteiger charge is 2.11. The van der Waals surface area contributed by atoms with Gasteiger partial charge in [0, 0.05) is 12.6 Å². The van der Waals surface area contributed by atoms with Crippen LogP contribution in [0.2, 0.25) is 0 Å². The molecule has 0 bridgehead atoms. The summed E-state index contributed by atoms with van der Waals surface area (Å²) < 4.78 is 10.5. The number of nitrogens with one attached hydrogen (secondary N) is 1. The fourth-order valence-corrected chi connectivity index (χ4v) is 1.30. The van der Waals surface area contributed by atoms with Gasteiger partial charge in [-0.05, 0) is 17.5 Å². The van der Waals surface area contributed by atoms with Gasteiger partial charge < -0.3 is 14.8 Å². The first kappa shape index (κ1) is 12.7. The second-order valence-electron chi connectivity index (χ2n) is 4.98. The highest BCUT2D eigenvalue weighted by Crippen LogP contribution is 2.29. The van der Waals surface area contributed by atoms with Gasteiger partial charge in [-0.3, -0.25) is 0 Å². The molecule has 0 fully saturated rings. The van der Waals surface area contributed by atoms with Crippen LogP contribution in [-0.2, 0) is 0 Å². The molecule has 90 valence electrons. The predicted molar refractivity (Wildman–Crippen MR) is 67.5 cm³/mol. The summed E-state index contributed by atoms with van der Waals surface area (Å²) in [4.78, 5) is 0. The standard InChI is InChI=1S/C13H21NO2/c1-13(2,3)9-14-11-7-6-10(15-4)8-12(11)16-5/h6-8,14H,9H2,1-5H3. The van der Waals surface area contributed by atoms with Crippen LogP contribution in [0.3, 0.4) is 0 Å². The van der Waals surface area contributed by atoms with E-state index < -0.39 is 0 Å². The van der Waals surface area contributed by atoms with E-state index in [1.807, 2.05) is 18.2 Å². The molecule has 0 amide bonds. The van der Waals surface area contributed by atoms with Crippen molar-refractivity contribution in [2.24, 2.45) is 5.41 Å². The second kappa shape index (κ2) is 5.10. The van der Waals surface area contributed by atoms with Gasteiger partial charge in [-0.2, -0.15) is 0 Å². The Labute approximate surface area is 97.8 Å². The van der Waals surface area contributed by atoms with Gasteiger partial charge in [0.05, 0.1) is 19.9 Å². The molecular formula is C13H21NO2. The molecule has 16 heavy (non-hydrogen) atoms. The Balaban J connectivity index is 2.79. The molecule has 0 radical (unpaired) electrons. The Hall–Kier alpha value is -1.38. The zero-order valence-electron chi connectivity index (χ0n) is 10.8. The summed E-state index contributed by atoms with van der Waals surface area (Å²) in [5.74, 6) is 1.61. The molecule has 3 heteroatoms. The van der Waals surface area contributed by atoms with E-state index in [-0.39, 0.29) is 5.41 Å². The second-order valence-corrected chi connectivity index (χ2v) is 4.98. The molecule has 0 aliphatic rings. The van der Waals surface area contributed by atoms with E-state index in [9.17, 15) is 0 Å². The van der Waals surface area contributed by atoms with Crippen molar-refractivity contribution in [3.63, 3.8) is 0 Å². The molecule has 0 aromatic heterocycles. The van der Waals surface area contributed by atoms with Crippen LogP contribution in [0.4, 0.5) is 5.69 Å². The summed E-state index contributed by atoms with van der Waals surface area (Å²) in [7, 11) is 3.31. The van der Waals surface area contributed by atoms with Gasteiger partial charge in [0.25, 0.3) is 0 Å². The number of benzene rings is 1. The van der Waals surface area contributed by atoms with Crippen molar-refractivity contribution in [2.45, 2.75) is 20.8 Å². The minimum absolute atomic E-state index is 0.241. The molecule has 0 unspecified atom stereocenters. The molecule has 1 aromatic rings. The molecule has 0 aliphatic heterocycles. The Morgan fingerprint density at radius 2 is 1.81 bits per heavy atom. The van der Waals surface area contributed by atoms with E-state index in [1.165, 1.54) is 0 Å². The van der Waals surface area contributed by atoms with Crippen LogP contribution in [0.5, 0.6) is 11.5 Å². The van der Waals surface area contributed by atoms with Gasteiger partial charge >= 0.3 is 0 Å². The van der Waals surface area contributed by atoms with Crippen LogP contribution in [0.1, 0.15) is 20.8 Å². The van der Waals surface area contributed by atoms with E-state index in [0.29, 0.717) is 0 Å². The third kappa shape index (κ3) is 3.65. The third-order valence-corrected chi connectivity index (χ3v) is 2.22. The van der Waals surface area contributed by atoms with Crippen molar-refractivity contribution >= 4 is 5.69 Å². The van der Waals surface area contributed by atoms with Gasteiger partial charge in [-0.25, -0.2) is 0 Å². The lowest BCUT2D eigenvalue weighted by atomic mass is 9.97. The van der Waals surface area contributed by atoms with Gasteiger partial charge in [0.15, 0.2) is 0 Å². The van der Waals surface area contributed by atoms with Gasteiger partial charge in [-0.1, -0.05) is 20.8 Å². The zero-order chi connectivity index (χ0) is 12.2. The summed E-state index contributed by atoms with van der Waals surface area (Å²) in [5.41, 5.74) is 1.24. The molecule has 1 rings (SSSR count). The predicted octanol–water partition coefficient (Wildman–Crippen LogP) is 3.16. The summed E-state index contributed by atoms with van der Waals surface area (Å²) in [6.45, 7) is 7.47. The normalized spacial score (nSPS) is 11.1. The smallest absolute Gasteiger partial charge is 0.145 e. The summed E-state index contributed by atoms with van der Waals surface area (Å²) in [6.07, 6.45) is 0. The molecule has 0 saturated heterocycles. The molecule has 0 aliphatic carbocycles. The summed E-state index contributed by atoms with van der Waals surface area (Å²) in [5, 5.41) is 3.37. The third-order valence-electron chi connectivity index (χ3n) is 2.22.